The van der Waals surface area contributed by atoms with Gasteiger partial charge in [0.2, 0.25) is 0 Å². The van der Waals surface area contributed by atoms with Gasteiger partial charge in [-0.3, -0.25) is 4.79 Å². The highest BCUT2D eigenvalue weighted by Crippen LogP contribution is 2.37. The minimum atomic E-state index is -0.339. The van der Waals surface area contributed by atoms with Crippen molar-refractivity contribution in [2.75, 3.05) is 0 Å². The van der Waals surface area contributed by atoms with Crippen LogP contribution in [0.25, 0.3) is 0 Å². The Morgan fingerprint density at radius 3 is 2.37 bits per heavy atom. The van der Waals surface area contributed by atoms with E-state index < -0.39 is 0 Å². The van der Waals surface area contributed by atoms with Crippen LogP contribution in [-0.2, 0) is 15.7 Å². The minimum absolute atomic E-state index is 0.264. The van der Waals surface area contributed by atoms with Gasteiger partial charge in [-0.15, -0.1) is 11.3 Å². The molecule has 19 heavy (non-hydrogen) atoms. The first-order valence-corrected chi connectivity index (χ1v) is 7.63. The van der Waals surface area contributed by atoms with Gasteiger partial charge in [0.05, 0.1) is 11.2 Å². The molecule has 1 fully saturated rings. The second kappa shape index (κ2) is 4.17. The molecule has 102 valence electrons. The molecule has 0 amide bonds. The molecule has 0 saturated carbocycles. The maximum Gasteiger partial charge on any atom is 0.505 e. The summed E-state index contributed by atoms with van der Waals surface area (Å²) in [6, 6.07) is 1.98. The number of Topliss-reactive ketones (excluding diaryl/α,β-unsaturated/α-hetero) is 1. The summed E-state index contributed by atoms with van der Waals surface area (Å²) in [7, 11) is -0.339. The van der Waals surface area contributed by atoms with Crippen molar-refractivity contribution in [2.45, 2.75) is 58.2 Å². The van der Waals surface area contributed by atoms with Crippen LogP contribution in [0, 0.1) is 0 Å². The lowest BCUT2D eigenvalue weighted by Crippen LogP contribution is -2.41. The van der Waals surface area contributed by atoms with E-state index in [-0.39, 0.29) is 24.1 Å². The molecule has 1 aliphatic heterocycles. The molecule has 0 unspecified atom stereocenters. The van der Waals surface area contributed by atoms with Crippen LogP contribution in [0.5, 0.6) is 0 Å². The average molecular weight is 278 g/mol. The molecule has 1 aromatic rings. The van der Waals surface area contributed by atoms with Crippen LogP contribution in [0.1, 0.15) is 55.8 Å². The molecule has 0 aromatic carbocycles. The summed E-state index contributed by atoms with van der Waals surface area (Å²) in [5.74, 6) is 0.264. The molecule has 1 aromatic heterocycles. The number of hydrogen-bond donors (Lipinski definition) is 0. The summed E-state index contributed by atoms with van der Waals surface area (Å²) in [5.41, 5.74) is 0.235. The highest BCUT2D eigenvalue weighted by Gasteiger charge is 2.52. The molecular weight excluding hydrogens is 259 g/mol. The number of aryl methyl sites for hydroxylation is 1. The van der Waals surface area contributed by atoms with Gasteiger partial charge in [-0.05, 0) is 46.6 Å². The summed E-state index contributed by atoms with van der Waals surface area (Å²) in [6.07, 6.45) is 2.65. The molecular formula is C14H19BO3S. The second-order valence-corrected chi connectivity index (χ2v) is 7.52. The Morgan fingerprint density at radius 2 is 1.79 bits per heavy atom. The van der Waals surface area contributed by atoms with E-state index in [2.05, 4.69) is 0 Å². The quantitative estimate of drug-likeness (QED) is 0.741. The van der Waals surface area contributed by atoms with E-state index >= 15 is 0 Å². The zero-order valence-corrected chi connectivity index (χ0v) is 12.7. The highest BCUT2D eigenvalue weighted by atomic mass is 32.1. The lowest BCUT2D eigenvalue weighted by molar-refractivity contribution is 0.00578. The molecule has 0 bridgehead atoms. The normalized spacial score (nSPS) is 24.6. The third-order valence-electron chi connectivity index (χ3n) is 4.42. The number of carbonyl (C=O) groups is 1. The van der Waals surface area contributed by atoms with Gasteiger partial charge < -0.3 is 9.31 Å². The van der Waals surface area contributed by atoms with Crippen molar-refractivity contribution >= 4 is 29.0 Å². The monoisotopic (exact) mass is 278 g/mol. The molecule has 0 N–H and O–H groups in total. The standard InChI is InChI=1S/C14H19BO3S/c1-13(2)14(3,4)18-15(17-13)12-8-9-10(16)6-5-7-11(9)19-12/h8H,5-7H2,1-4H3. The highest BCUT2D eigenvalue weighted by molar-refractivity contribution is 7.22. The zero-order valence-electron chi connectivity index (χ0n) is 11.9. The van der Waals surface area contributed by atoms with Crippen molar-refractivity contribution in [2.24, 2.45) is 0 Å². The fourth-order valence-electron chi connectivity index (χ4n) is 2.49. The van der Waals surface area contributed by atoms with Crippen molar-refractivity contribution in [3.8, 4) is 0 Å². The van der Waals surface area contributed by atoms with E-state index in [9.17, 15) is 4.79 Å². The minimum Gasteiger partial charge on any atom is -0.399 e. The summed E-state index contributed by atoms with van der Waals surface area (Å²) >= 11 is 1.67. The van der Waals surface area contributed by atoms with Crippen LogP contribution in [-0.4, -0.2) is 24.1 Å². The Hall–Kier alpha value is -0.645. The molecule has 2 heterocycles. The first-order valence-electron chi connectivity index (χ1n) is 6.82. The molecule has 1 saturated heterocycles. The van der Waals surface area contributed by atoms with Crippen LogP contribution < -0.4 is 4.78 Å². The van der Waals surface area contributed by atoms with Crippen LogP contribution in [0.15, 0.2) is 6.07 Å². The van der Waals surface area contributed by atoms with Gasteiger partial charge in [-0.2, -0.15) is 0 Å². The van der Waals surface area contributed by atoms with Crippen molar-refractivity contribution in [1.82, 2.24) is 0 Å². The third-order valence-corrected chi connectivity index (χ3v) is 5.64. The summed E-state index contributed by atoms with van der Waals surface area (Å²) in [4.78, 5) is 13.1. The van der Waals surface area contributed by atoms with E-state index in [0.717, 1.165) is 23.2 Å². The zero-order chi connectivity index (χ0) is 13.8. The van der Waals surface area contributed by atoms with Crippen LogP contribution in [0.3, 0.4) is 0 Å². The molecule has 2 aliphatic rings. The molecule has 5 heteroatoms. The Kier molecular flexibility index (Phi) is 2.93. The van der Waals surface area contributed by atoms with Crippen molar-refractivity contribution in [1.29, 1.82) is 0 Å². The second-order valence-electron chi connectivity index (χ2n) is 6.35. The number of thiophene rings is 1. The maximum absolute atomic E-state index is 11.9. The van der Waals surface area contributed by atoms with Crippen molar-refractivity contribution < 1.29 is 14.1 Å². The van der Waals surface area contributed by atoms with Crippen LogP contribution in [0.4, 0.5) is 0 Å². The number of rotatable bonds is 1. The van der Waals surface area contributed by atoms with Crippen LogP contribution >= 0.6 is 11.3 Å². The van der Waals surface area contributed by atoms with E-state index in [1.165, 1.54) is 4.88 Å². The number of fused-ring (bicyclic) bond motifs is 1. The molecule has 3 nitrogen and oxygen atoms in total. The Balaban J connectivity index is 1.91. The first kappa shape index (κ1) is 13.3. The average Bonchev–Trinajstić information content (AvgIpc) is 2.80. The van der Waals surface area contributed by atoms with Crippen molar-refractivity contribution in [3.63, 3.8) is 0 Å². The Morgan fingerprint density at radius 1 is 1.16 bits per heavy atom. The predicted molar refractivity (Wildman–Crippen MR) is 77.3 cm³/mol. The Labute approximate surface area is 118 Å². The summed E-state index contributed by atoms with van der Waals surface area (Å²) < 4.78 is 13.1. The van der Waals surface area contributed by atoms with E-state index in [1.54, 1.807) is 11.3 Å². The van der Waals surface area contributed by atoms with Gasteiger partial charge in [0.1, 0.15) is 0 Å². The van der Waals surface area contributed by atoms with Gasteiger partial charge in [0.25, 0.3) is 0 Å². The SMILES string of the molecule is CC1(C)OB(c2cc3c(s2)CCCC3=O)OC1(C)C. The van der Waals surface area contributed by atoms with Crippen LogP contribution in [0.2, 0.25) is 0 Å². The van der Waals surface area contributed by atoms with Gasteiger partial charge in [0.15, 0.2) is 5.78 Å². The fourth-order valence-corrected chi connectivity index (χ4v) is 3.67. The van der Waals surface area contributed by atoms with Gasteiger partial charge in [-0.25, -0.2) is 0 Å². The largest absolute Gasteiger partial charge is 0.505 e. The number of carbonyl (C=O) groups excluding carboxylic acids is 1. The topological polar surface area (TPSA) is 35.5 Å². The maximum atomic E-state index is 11.9. The van der Waals surface area contributed by atoms with E-state index in [1.807, 2.05) is 33.8 Å². The lowest BCUT2D eigenvalue weighted by Gasteiger charge is -2.32. The van der Waals surface area contributed by atoms with Crippen molar-refractivity contribution in [3.05, 3.63) is 16.5 Å². The van der Waals surface area contributed by atoms with Gasteiger partial charge in [0, 0.05) is 21.6 Å². The summed E-state index contributed by atoms with van der Waals surface area (Å²) in [6.45, 7) is 8.19. The Bertz CT molecular complexity index is 517. The lowest BCUT2D eigenvalue weighted by atomic mass is 9.86. The van der Waals surface area contributed by atoms with E-state index in [4.69, 9.17) is 9.31 Å². The molecule has 0 spiro atoms. The number of hydrogen-bond acceptors (Lipinski definition) is 4. The van der Waals surface area contributed by atoms with Gasteiger partial charge in [-0.1, -0.05) is 0 Å². The van der Waals surface area contributed by atoms with E-state index in [0.29, 0.717) is 6.42 Å². The third kappa shape index (κ3) is 2.08. The smallest absolute Gasteiger partial charge is 0.399 e. The number of ketones is 1. The summed E-state index contributed by atoms with van der Waals surface area (Å²) in [5, 5.41) is 0. The molecule has 3 rings (SSSR count). The first-order chi connectivity index (χ1) is 8.80. The molecule has 0 atom stereocenters. The van der Waals surface area contributed by atoms with Gasteiger partial charge >= 0.3 is 7.12 Å². The molecule has 0 radical (unpaired) electrons. The fraction of sp³-hybridized carbons (Fsp3) is 0.643. The predicted octanol–water partition coefficient (Wildman–Crippen LogP) is 2.57. The molecule has 1 aliphatic carbocycles.